The molecule has 2 aliphatic rings. The summed E-state index contributed by atoms with van der Waals surface area (Å²) in [4.78, 5) is 0. The third-order valence-electron chi connectivity index (χ3n) is 6.00. The molecule has 3 aromatic rings. The molecule has 1 aliphatic heterocycles. The van der Waals surface area contributed by atoms with E-state index in [4.69, 9.17) is 21.1 Å². The number of rotatable bonds is 4. The Labute approximate surface area is 169 Å². The highest BCUT2D eigenvalue weighted by Gasteiger charge is 2.40. The Balaban J connectivity index is 1.58. The molecule has 6 heteroatoms. The quantitative estimate of drug-likeness (QED) is 0.687. The van der Waals surface area contributed by atoms with E-state index in [0.717, 1.165) is 41.1 Å². The highest BCUT2D eigenvalue weighted by molar-refractivity contribution is 6.30. The molecule has 0 amide bonds. The molecule has 1 saturated heterocycles. The van der Waals surface area contributed by atoms with E-state index < -0.39 is 0 Å². The van der Waals surface area contributed by atoms with Crippen LogP contribution in [-0.2, 0) is 4.74 Å². The predicted octanol–water partition coefficient (Wildman–Crippen LogP) is 4.80. The largest absolute Gasteiger partial charge is 0.496 e. The zero-order chi connectivity index (χ0) is 19.1. The summed E-state index contributed by atoms with van der Waals surface area (Å²) >= 11 is 6.13. The Kier molecular flexibility index (Phi) is 4.57. The lowest BCUT2D eigenvalue weighted by atomic mass is 9.96. The second kappa shape index (κ2) is 7.22. The summed E-state index contributed by atoms with van der Waals surface area (Å²) in [5.41, 5.74) is 1.68. The standard InChI is InChI=1S/C22H22ClN3O2/c1-27-19-10-15(23)8-9-18(19)21-16-4-2-3-5-17(16)22(26-25-21)24-20-13-6-7-14(20)12-28-11-13/h2-5,8-10,13-14,20H,6-7,11-12H2,1H3,(H,24,26). The molecule has 2 fully saturated rings. The van der Waals surface area contributed by atoms with Crippen LogP contribution in [0.4, 0.5) is 5.82 Å². The lowest BCUT2D eigenvalue weighted by Gasteiger charge is -2.31. The highest BCUT2D eigenvalue weighted by atomic mass is 35.5. The van der Waals surface area contributed by atoms with Gasteiger partial charge in [-0.1, -0.05) is 35.9 Å². The van der Waals surface area contributed by atoms with Crippen LogP contribution < -0.4 is 10.1 Å². The van der Waals surface area contributed by atoms with Gasteiger partial charge in [0.15, 0.2) is 5.82 Å². The minimum absolute atomic E-state index is 0.405. The van der Waals surface area contributed by atoms with E-state index in [2.05, 4.69) is 27.6 Å². The van der Waals surface area contributed by atoms with Crippen molar-refractivity contribution in [1.29, 1.82) is 0 Å². The first-order valence-electron chi connectivity index (χ1n) is 9.68. The van der Waals surface area contributed by atoms with Gasteiger partial charge in [0.2, 0.25) is 0 Å². The van der Waals surface area contributed by atoms with Crippen molar-refractivity contribution in [3.05, 3.63) is 47.5 Å². The summed E-state index contributed by atoms with van der Waals surface area (Å²) in [6.07, 6.45) is 2.43. The first kappa shape index (κ1) is 17.7. The third kappa shape index (κ3) is 2.99. The minimum atomic E-state index is 0.405. The number of hydrogen-bond acceptors (Lipinski definition) is 5. The number of halogens is 1. The number of fused-ring (bicyclic) bond motifs is 3. The van der Waals surface area contributed by atoms with Gasteiger partial charge in [0.25, 0.3) is 0 Å². The zero-order valence-electron chi connectivity index (χ0n) is 15.7. The molecule has 0 radical (unpaired) electrons. The monoisotopic (exact) mass is 395 g/mol. The molecule has 0 spiro atoms. The number of anilines is 1. The topological polar surface area (TPSA) is 56.3 Å². The van der Waals surface area contributed by atoms with Crippen molar-refractivity contribution in [2.45, 2.75) is 18.9 Å². The summed E-state index contributed by atoms with van der Waals surface area (Å²) in [6, 6.07) is 14.2. The summed E-state index contributed by atoms with van der Waals surface area (Å²) in [5.74, 6) is 2.64. The molecule has 5 rings (SSSR count). The van der Waals surface area contributed by atoms with Gasteiger partial charge in [0.1, 0.15) is 11.4 Å². The maximum absolute atomic E-state index is 6.13. The number of nitrogens with one attached hydrogen (secondary N) is 1. The van der Waals surface area contributed by atoms with E-state index in [1.54, 1.807) is 13.2 Å². The van der Waals surface area contributed by atoms with Crippen LogP contribution in [0.15, 0.2) is 42.5 Å². The van der Waals surface area contributed by atoms with Gasteiger partial charge in [-0.15, -0.1) is 10.2 Å². The first-order valence-corrected chi connectivity index (χ1v) is 10.1. The molecule has 1 aromatic heterocycles. The van der Waals surface area contributed by atoms with E-state index in [9.17, 15) is 0 Å². The van der Waals surface area contributed by atoms with E-state index in [-0.39, 0.29) is 0 Å². The van der Waals surface area contributed by atoms with Crippen LogP contribution in [0, 0.1) is 11.8 Å². The van der Waals surface area contributed by atoms with Gasteiger partial charge in [-0.05, 0) is 31.0 Å². The Morgan fingerprint density at radius 2 is 1.79 bits per heavy atom. The van der Waals surface area contributed by atoms with Gasteiger partial charge in [0, 0.05) is 39.2 Å². The summed E-state index contributed by atoms with van der Waals surface area (Å²) in [6.45, 7) is 1.67. The minimum Gasteiger partial charge on any atom is -0.496 e. The van der Waals surface area contributed by atoms with E-state index in [1.165, 1.54) is 12.8 Å². The first-order chi connectivity index (χ1) is 13.7. The molecule has 1 N–H and O–H groups in total. The molecular formula is C22H22ClN3O2. The Morgan fingerprint density at radius 1 is 1.04 bits per heavy atom. The average molecular weight is 396 g/mol. The van der Waals surface area contributed by atoms with Crippen LogP contribution in [0.5, 0.6) is 5.75 Å². The molecule has 2 heterocycles. The van der Waals surface area contributed by atoms with E-state index in [0.29, 0.717) is 28.6 Å². The maximum Gasteiger partial charge on any atom is 0.156 e. The molecule has 2 aromatic carbocycles. The fourth-order valence-electron chi connectivity index (χ4n) is 4.58. The molecular weight excluding hydrogens is 374 g/mol. The maximum atomic E-state index is 6.13. The van der Waals surface area contributed by atoms with Crippen LogP contribution >= 0.6 is 11.6 Å². The van der Waals surface area contributed by atoms with Crippen molar-refractivity contribution in [3.8, 4) is 17.0 Å². The van der Waals surface area contributed by atoms with Gasteiger partial charge in [-0.3, -0.25) is 0 Å². The number of nitrogens with zero attached hydrogens (tertiary/aromatic N) is 2. The van der Waals surface area contributed by atoms with Gasteiger partial charge < -0.3 is 14.8 Å². The Bertz CT molecular complexity index is 1010. The normalized spacial score (nSPS) is 23.7. The van der Waals surface area contributed by atoms with E-state index >= 15 is 0 Å². The van der Waals surface area contributed by atoms with Crippen molar-refractivity contribution in [3.63, 3.8) is 0 Å². The van der Waals surface area contributed by atoms with Crippen LogP contribution in [0.2, 0.25) is 5.02 Å². The van der Waals surface area contributed by atoms with Crippen molar-refractivity contribution in [2.24, 2.45) is 11.8 Å². The van der Waals surface area contributed by atoms with Crippen LogP contribution in [0.25, 0.3) is 22.0 Å². The smallest absolute Gasteiger partial charge is 0.156 e. The number of benzene rings is 2. The second-order valence-corrected chi connectivity index (χ2v) is 8.03. The van der Waals surface area contributed by atoms with Crippen molar-refractivity contribution in [1.82, 2.24) is 10.2 Å². The number of methoxy groups -OCH3 is 1. The van der Waals surface area contributed by atoms with Gasteiger partial charge in [-0.2, -0.15) is 0 Å². The van der Waals surface area contributed by atoms with Crippen LogP contribution in [0.1, 0.15) is 12.8 Å². The fourth-order valence-corrected chi connectivity index (χ4v) is 4.74. The summed E-state index contributed by atoms with van der Waals surface area (Å²) < 4.78 is 11.3. The van der Waals surface area contributed by atoms with Crippen LogP contribution in [-0.4, -0.2) is 36.6 Å². The third-order valence-corrected chi connectivity index (χ3v) is 6.23. The molecule has 2 atom stereocenters. The highest BCUT2D eigenvalue weighted by Crippen LogP contribution is 2.40. The molecule has 2 unspecified atom stereocenters. The molecule has 28 heavy (non-hydrogen) atoms. The Hall–Kier alpha value is -2.37. The Morgan fingerprint density at radius 3 is 2.54 bits per heavy atom. The summed E-state index contributed by atoms with van der Waals surface area (Å²) in [7, 11) is 1.64. The SMILES string of the molecule is COc1cc(Cl)ccc1-c1nnc(NC2C3CCC2COC3)c2ccccc12. The zero-order valence-corrected chi connectivity index (χ0v) is 16.4. The predicted molar refractivity (Wildman–Crippen MR) is 111 cm³/mol. The lowest BCUT2D eigenvalue weighted by Crippen LogP contribution is -2.39. The van der Waals surface area contributed by atoms with Gasteiger partial charge >= 0.3 is 0 Å². The van der Waals surface area contributed by atoms with Crippen molar-refractivity contribution in [2.75, 3.05) is 25.6 Å². The number of aromatic nitrogens is 2. The molecule has 1 aliphatic carbocycles. The van der Waals surface area contributed by atoms with Gasteiger partial charge in [-0.25, -0.2) is 0 Å². The number of hydrogen-bond donors (Lipinski definition) is 1. The van der Waals surface area contributed by atoms with Crippen LogP contribution in [0.3, 0.4) is 0 Å². The van der Waals surface area contributed by atoms with E-state index in [1.807, 2.05) is 24.3 Å². The fraction of sp³-hybridized carbons (Fsp3) is 0.364. The number of ether oxygens (including phenoxy) is 2. The summed E-state index contributed by atoms with van der Waals surface area (Å²) in [5, 5.41) is 15.6. The molecule has 2 bridgehead atoms. The van der Waals surface area contributed by atoms with Gasteiger partial charge in [0.05, 0.1) is 20.3 Å². The lowest BCUT2D eigenvalue weighted by molar-refractivity contribution is 0.0392. The molecule has 5 nitrogen and oxygen atoms in total. The molecule has 1 saturated carbocycles. The second-order valence-electron chi connectivity index (χ2n) is 7.59. The average Bonchev–Trinajstić information content (AvgIpc) is 2.94. The molecule has 144 valence electrons. The van der Waals surface area contributed by atoms with Crippen molar-refractivity contribution < 1.29 is 9.47 Å². The van der Waals surface area contributed by atoms with Crippen molar-refractivity contribution >= 4 is 28.2 Å².